The highest BCUT2D eigenvalue weighted by Gasteiger charge is 2.11. The molecular weight excluding hydrogens is 252 g/mol. The molecule has 1 heterocycles. The van der Waals surface area contributed by atoms with Crippen LogP contribution >= 0.6 is 0 Å². The molecule has 1 aromatic heterocycles. The standard InChI is InChI=1S/C16H16N2O2/c1-12(18-16(20)15-5-2-10-17-15)14-8-6-13(7-9-14)4-3-11-19/h2,5-10,12,17,19H,11H2,1H3,(H,18,20). The van der Waals surface area contributed by atoms with Crippen molar-refractivity contribution in [1.29, 1.82) is 0 Å². The third-order valence-electron chi connectivity index (χ3n) is 2.91. The van der Waals surface area contributed by atoms with E-state index in [0.717, 1.165) is 11.1 Å². The fraction of sp³-hybridized carbons (Fsp3) is 0.188. The number of carbonyl (C=O) groups is 1. The number of aliphatic hydroxyl groups excluding tert-OH is 1. The topological polar surface area (TPSA) is 65.1 Å². The fourth-order valence-corrected chi connectivity index (χ4v) is 1.83. The summed E-state index contributed by atoms with van der Waals surface area (Å²) in [5.74, 6) is 5.29. The van der Waals surface area contributed by atoms with E-state index in [1.807, 2.05) is 31.2 Å². The lowest BCUT2D eigenvalue weighted by Gasteiger charge is -2.13. The number of H-pyrrole nitrogens is 1. The van der Waals surface area contributed by atoms with E-state index in [2.05, 4.69) is 22.1 Å². The predicted molar refractivity (Wildman–Crippen MR) is 77.1 cm³/mol. The molecule has 2 rings (SSSR count). The van der Waals surface area contributed by atoms with E-state index in [1.165, 1.54) is 0 Å². The van der Waals surface area contributed by atoms with Gasteiger partial charge in [-0.3, -0.25) is 4.79 Å². The Kier molecular flexibility index (Phi) is 4.59. The van der Waals surface area contributed by atoms with E-state index < -0.39 is 0 Å². The number of hydrogen-bond donors (Lipinski definition) is 3. The first kappa shape index (κ1) is 13.9. The van der Waals surface area contributed by atoms with Gasteiger partial charge in [0.2, 0.25) is 0 Å². The predicted octanol–water partition coefficient (Wildman–Crippen LogP) is 1.85. The van der Waals surface area contributed by atoms with Gasteiger partial charge in [-0.2, -0.15) is 0 Å². The molecule has 0 aliphatic heterocycles. The van der Waals surface area contributed by atoms with Gasteiger partial charge in [0.1, 0.15) is 12.3 Å². The number of hydrogen-bond acceptors (Lipinski definition) is 2. The first-order chi connectivity index (χ1) is 9.70. The lowest BCUT2D eigenvalue weighted by molar-refractivity contribution is 0.0935. The summed E-state index contributed by atoms with van der Waals surface area (Å²) < 4.78 is 0. The quantitative estimate of drug-likeness (QED) is 0.744. The van der Waals surface area contributed by atoms with Gasteiger partial charge in [-0.05, 0) is 36.8 Å². The number of rotatable bonds is 3. The van der Waals surface area contributed by atoms with E-state index >= 15 is 0 Å². The molecule has 0 fully saturated rings. The van der Waals surface area contributed by atoms with Crippen LogP contribution in [0.5, 0.6) is 0 Å². The average Bonchev–Trinajstić information content (AvgIpc) is 3.00. The number of benzene rings is 1. The Morgan fingerprint density at radius 2 is 2.10 bits per heavy atom. The molecule has 1 amide bonds. The molecule has 4 nitrogen and oxygen atoms in total. The Balaban J connectivity index is 2.02. The molecule has 3 N–H and O–H groups in total. The van der Waals surface area contributed by atoms with Gasteiger partial charge in [-0.1, -0.05) is 24.0 Å². The molecule has 0 spiro atoms. The van der Waals surface area contributed by atoms with Gasteiger partial charge < -0.3 is 15.4 Å². The van der Waals surface area contributed by atoms with Gasteiger partial charge in [0.15, 0.2) is 0 Å². The SMILES string of the molecule is CC(NC(=O)c1ccc[nH]1)c1ccc(C#CCO)cc1. The van der Waals surface area contributed by atoms with Gasteiger partial charge in [0, 0.05) is 11.8 Å². The van der Waals surface area contributed by atoms with Crippen LogP contribution in [0.2, 0.25) is 0 Å². The first-order valence-electron chi connectivity index (χ1n) is 6.34. The van der Waals surface area contributed by atoms with Gasteiger partial charge >= 0.3 is 0 Å². The van der Waals surface area contributed by atoms with Crippen molar-refractivity contribution in [3.8, 4) is 11.8 Å². The average molecular weight is 268 g/mol. The molecule has 2 aromatic rings. The van der Waals surface area contributed by atoms with Crippen LogP contribution in [0.4, 0.5) is 0 Å². The molecule has 102 valence electrons. The fourth-order valence-electron chi connectivity index (χ4n) is 1.83. The van der Waals surface area contributed by atoms with Crippen molar-refractivity contribution in [2.24, 2.45) is 0 Å². The van der Waals surface area contributed by atoms with Crippen molar-refractivity contribution in [1.82, 2.24) is 10.3 Å². The zero-order valence-electron chi connectivity index (χ0n) is 11.2. The Morgan fingerprint density at radius 1 is 1.35 bits per heavy atom. The summed E-state index contributed by atoms with van der Waals surface area (Å²) in [5, 5.41) is 11.6. The molecule has 20 heavy (non-hydrogen) atoms. The highest BCUT2D eigenvalue weighted by Crippen LogP contribution is 2.13. The molecular formula is C16H16N2O2. The van der Waals surface area contributed by atoms with E-state index in [9.17, 15) is 4.79 Å². The van der Waals surface area contributed by atoms with Crippen LogP contribution in [0.25, 0.3) is 0 Å². The monoisotopic (exact) mass is 268 g/mol. The molecule has 1 atom stereocenters. The molecule has 1 unspecified atom stereocenters. The molecule has 4 heteroatoms. The summed E-state index contributed by atoms with van der Waals surface area (Å²) in [6, 6.07) is 11.0. The maximum Gasteiger partial charge on any atom is 0.268 e. The van der Waals surface area contributed by atoms with Gasteiger partial charge in [-0.15, -0.1) is 0 Å². The highest BCUT2D eigenvalue weighted by atomic mass is 16.2. The summed E-state index contributed by atoms with van der Waals surface area (Å²) >= 11 is 0. The summed E-state index contributed by atoms with van der Waals surface area (Å²) in [5.41, 5.74) is 2.38. The Bertz CT molecular complexity index is 619. The number of aromatic amines is 1. The molecule has 0 radical (unpaired) electrons. The second-order valence-corrected chi connectivity index (χ2v) is 4.36. The first-order valence-corrected chi connectivity index (χ1v) is 6.34. The van der Waals surface area contributed by atoms with E-state index in [-0.39, 0.29) is 18.6 Å². The summed E-state index contributed by atoms with van der Waals surface area (Å²) in [6.07, 6.45) is 1.72. The molecule has 0 saturated heterocycles. The van der Waals surface area contributed by atoms with Crippen LogP contribution in [0.1, 0.15) is 34.6 Å². The smallest absolute Gasteiger partial charge is 0.268 e. The van der Waals surface area contributed by atoms with Crippen molar-refractivity contribution in [2.45, 2.75) is 13.0 Å². The van der Waals surface area contributed by atoms with E-state index in [0.29, 0.717) is 5.69 Å². The van der Waals surface area contributed by atoms with Crippen molar-refractivity contribution in [3.63, 3.8) is 0 Å². The number of amides is 1. The molecule has 0 aliphatic carbocycles. The van der Waals surface area contributed by atoms with Crippen LogP contribution in [-0.2, 0) is 0 Å². The van der Waals surface area contributed by atoms with Crippen LogP contribution < -0.4 is 5.32 Å². The minimum absolute atomic E-state index is 0.0920. The third kappa shape index (κ3) is 3.50. The minimum atomic E-state index is -0.148. The van der Waals surface area contributed by atoms with Crippen molar-refractivity contribution >= 4 is 5.91 Å². The molecule has 0 saturated carbocycles. The van der Waals surface area contributed by atoms with Crippen LogP contribution in [0.3, 0.4) is 0 Å². The molecule has 1 aromatic carbocycles. The highest BCUT2D eigenvalue weighted by molar-refractivity contribution is 5.92. The van der Waals surface area contributed by atoms with Crippen LogP contribution in [-0.4, -0.2) is 22.6 Å². The van der Waals surface area contributed by atoms with Crippen molar-refractivity contribution in [2.75, 3.05) is 6.61 Å². The lowest BCUT2D eigenvalue weighted by Crippen LogP contribution is -2.26. The van der Waals surface area contributed by atoms with Gasteiger partial charge in [0.05, 0.1) is 6.04 Å². The molecule has 0 aliphatic rings. The number of carbonyl (C=O) groups excluding carboxylic acids is 1. The Morgan fingerprint density at radius 3 is 2.70 bits per heavy atom. The number of aromatic nitrogens is 1. The van der Waals surface area contributed by atoms with Crippen LogP contribution in [0, 0.1) is 11.8 Å². The second-order valence-electron chi connectivity index (χ2n) is 4.36. The maximum atomic E-state index is 11.9. The summed E-state index contributed by atoms with van der Waals surface area (Å²) in [4.78, 5) is 14.8. The molecule has 0 bridgehead atoms. The summed E-state index contributed by atoms with van der Waals surface area (Å²) in [6.45, 7) is 1.78. The third-order valence-corrected chi connectivity index (χ3v) is 2.91. The zero-order valence-corrected chi connectivity index (χ0v) is 11.2. The zero-order chi connectivity index (χ0) is 14.4. The Hall–Kier alpha value is -2.51. The Labute approximate surface area is 117 Å². The van der Waals surface area contributed by atoms with E-state index in [4.69, 9.17) is 5.11 Å². The second kappa shape index (κ2) is 6.60. The van der Waals surface area contributed by atoms with E-state index in [1.54, 1.807) is 18.3 Å². The summed E-state index contributed by atoms with van der Waals surface area (Å²) in [7, 11) is 0. The normalized spacial score (nSPS) is 11.3. The van der Waals surface area contributed by atoms with Crippen molar-refractivity contribution in [3.05, 3.63) is 59.4 Å². The maximum absolute atomic E-state index is 11.9. The minimum Gasteiger partial charge on any atom is -0.384 e. The van der Waals surface area contributed by atoms with Crippen molar-refractivity contribution < 1.29 is 9.90 Å². The largest absolute Gasteiger partial charge is 0.384 e. The van der Waals surface area contributed by atoms with Gasteiger partial charge in [0.25, 0.3) is 5.91 Å². The number of aliphatic hydroxyl groups is 1. The lowest BCUT2D eigenvalue weighted by atomic mass is 10.1. The van der Waals surface area contributed by atoms with Gasteiger partial charge in [-0.25, -0.2) is 0 Å². The number of nitrogens with one attached hydrogen (secondary N) is 2. The van der Waals surface area contributed by atoms with Crippen LogP contribution in [0.15, 0.2) is 42.6 Å².